The highest BCUT2D eigenvalue weighted by atomic mass is 14.6. The van der Waals surface area contributed by atoms with Crippen LogP contribution in [-0.2, 0) is 0 Å². The van der Waals surface area contributed by atoms with E-state index in [0.29, 0.717) is 11.8 Å². The maximum absolute atomic E-state index is 6.56. The number of hydrogen-bond donors (Lipinski definition) is 1. The molecule has 1 saturated carbocycles. The van der Waals surface area contributed by atoms with Gasteiger partial charge >= 0.3 is 0 Å². The van der Waals surface area contributed by atoms with Gasteiger partial charge in [0.2, 0.25) is 0 Å². The first-order valence-corrected chi connectivity index (χ1v) is 13.0. The Bertz CT molecular complexity index is 803. The Morgan fingerprint density at radius 3 is 2.06 bits per heavy atom. The van der Waals surface area contributed by atoms with Crippen LogP contribution in [0.4, 0.5) is 0 Å². The van der Waals surface area contributed by atoms with Crippen molar-refractivity contribution in [2.45, 2.75) is 99.3 Å². The Morgan fingerprint density at radius 2 is 1.58 bits per heavy atom. The molecule has 0 heterocycles. The quantitative estimate of drug-likeness (QED) is 0.220. The topological polar surface area (TPSA) is 26.0 Å². The minimum atomic E-state index is 0.514. The van der Waals surface area contributed by atoms with E-state index in [9.17, 15) is 0 Å². The van der Waals surface area contributed by atoms with Crippen LogP contribution in [0, 0.1) is 17.8 Å². The van der Waals surface area contributed by atoms with Gasteiger partial charge in [-0.3, -0.25) is 0 Å². The number of hydrogen-bond acceptors (Lipinski definition) is 1. The maximum Gasteiger partial charge on any atom is 0.0378 e. The molecule has 1 heteroatoms. The zero-order chi connectivity index (χ0) is 25.1. The Hall–Kier alpha value is -2.02. The highest BCUT2D eigenvalue weighted by Gasteiger charge is 2.23. The summed E-state index contributed by atoms with van der Waals surface area (Å²) in [4.78, 5) is 0. The molecular formula is C32H51N. The van der Waals surface area contributed by atoms with Crippen LogP contribution in [0.25, 0.3) is 0 Å². The average molecular weight is 450 g/mol. The van der Waals surface area contributed by atoms with Crippen LogP contribution in [-0.4, -0.2) is 0 Å². The molecule has 0 atom stereocenters. The van der Waals surface area contributed by atoms with Crippen LogP contribution in [0.5, 0.6) is 0 Å². The van der Waals surface area contributed by atoms with Crippen LogP contribution in [0.2, 0.25) is 0 Å². The van der Waals surface area contributed by atoms with E-state index in [1.807, 2.05) is 13.0 Å². The molecule has 1 fully saturated rings. The second-order valence-corrected chi connectivity index (χ2v) is 10.5. The van der Waals surface area contributed by atoms with E-state index in [0.717, 1.165) is 48.4 Å². The van der Waals surface area contributed by atoms with Gasteiger partial charge in [0.1, 0.15) is 0 Å². The third kappa shape index (κ3) is 9.40. The molecule has 1 aliphatic rings. The van der Waals surface area contributed by atoms with Gasteiger partial charge in [-0.25, -0.2) is 0 Å². The molecule has 1 rings (SSSR count). The van der Waals surface area contributed by atoms with E-state index in [-0.39, 0.29) is 0 Å². The Kier molecular flexibility index (Phi) is 12.6. The fraction of sp³-hybridized carbons (Fsp3) is 0.562. The summed E-state index contributed by atoms with van der Waals surface area (Å²) >= 11 is 0. The summed E-state index contributed by atoms with van der Waals surface area (Å²) in [6, 6.07) is 0. The van der Waals surface area contributed by atoms with Crippen molar-refractivity contribution in [3.63, 3.8) is 0 Å². The number of allylic oxidation sites excluding steroid dienone is 9. The summed E-state index contributed by atoms with van der Waals surface area (Å²) in [6.07, 6.45) is 14.7. The smallest absolute Gasteiger partial charge is 0.0378 e. The van der Waals surface area contributed by atoms with E-state index in [1.54, 1.807) is 0 Å². The summed E-state index contributed by atoms with van der Waals surface area (Å²) in [7, 11) is 0. The largest absolute Gasteiger partial charge is 0.398 e. The molecule has 0 aromatic carbocycles. The lowest BCUT2D eigenvalue weighted by atomic mass is 9.75. The van der Waals surface area contributed by atoms with E-state index in [2.05, 4.69) is 67.0 Å². The van der Waals surface area contributed by atoms with Gasteiger partial charge in [-0.1, -0.05) is 76.0 Å². The molecule has 0 aromatic heterocycles. The second-order valence-electron chi connectivity index (χ2n) is 10.5. The minimum Gasteiger partial charge on any atom is -0.398 e. The molecule has 0 spiro atoms. The number of rotatable bonds is 13. The molecule has 1 nitrogen and oxygen atoms in total. The van der Waals surface area contributed by atoms with Gasteiger partial charge in [0.15, 0.2) is 0 Å². The Labute approximate surface area is 206 Å². The SMILES string of the molecule is C=C/C(=C\C(C)C)C(=C)CCC(=C)C1CCC(CCC(=C(/C)CC)/C(N)=C(/C)C(=C)C)CC1. The normalized spacial score (nSPS) is 20.8. The lowest BCUT2D eigenvalue weighted by Crippen LogP contribution is -2.17. The molecule has 0 unspecified atom stereocenters. The lowest BCUT2D eigenvalue weighted by molar-refractivity contribution is 0.285. The molecule has 0 saturated heterocycles. The Morgan fingerprint density at radius 1 is 0.970 bits per heavy atom. The van der Waals surface area contributed by atoms with Crippen molar-refractivity contribution in [2.24, 2.45) is 23.5 Å². The van der Waals surface area contributed by atoms with Gasteiger partial charge in [0.05, 0.1) is 0 Å². The molecule has 0 aromatic rings. The minimum absolute atomic E-state index is 0.514. The van der Waals surface area contributed by atoms with Crippen molar-refractivity contribution < 1.29 is 0 Å². The van der Waals surface area contributed by atoms with Crippen LogP contribution < -0.4 is 5.73 Å². The molecule has 1 aliphatic carbocycles. The first-order valence-electron chi connectivity index (χ1n) is 13.0. The number of nitrogens with two attached hydrogens (primary N) is 1. The fourth-order valence-electron chi connectivity index (χ4n) is 4.80. The van der Waals surface area contributed by atoms with Crippen LogP contribution in [0.1, 0.15) is 99.3 Å². The zero-order valence-corrected chi connectivity index (χ0v) is 22.7. The summed E-state index contributed by atoms with van der Waals surface area (Å²) in [6.45, 7) is 29.8. The summed E-state index contributed by atoms with van der Waals surface area (Å²) in [5.41, 5.74) is 16.3. The van der Waals surface area contributed by atoms with E-state index >= 15 is 0 Å². The van der Waals surface area contributed by atoms with Crippen molar-refractivity contribution >= 4 is 0 Å². The van der Waals surface area contributed by atoms with Crippen molar-refractivity contribution in [1.29, 1.82) is 0 Å². The van der Waals surface area contributed by atoms with E-state index in [4.69, 9.17) is 5.73 Å². The van der Waals surface area contributed by atoms with Gasteiger partial charge < -0.3 is 5.73 Å². The van der Waals surface area contributed by atoms with Gasteiger partial charge in [-0.2, -0.15) is 0 Å². The van der Waals surface area contributed by atoms with E-state index in [1.165, 1.54) is 60.0 Å². The van der Waals surface area contributed by atoms with Crippen LogP contribution in [0.3, 0.4) is 0 Å². The van der Waals surface area contributed by atoms with Crippen LogP contribution >= 0.6 is 0 Å². The van der Waals surface area contributed by atoms with Crippen molar-refractivity contribution in [2.75, 3.05) is 0 Å². The predicted octanol–water partition coefficient (Wildman–Crippen LogP) is 9.77. The van der Waals surface area contributed by atoms with E-state index < -0.39 is 0 Å². The molecule has 0 amide bonds. The summed E-state index contributed by atoms with van der Waals surface area (Å²) in [5.74, 6) is 1.97. The molecular weight excluding hydrogens is 398 g/mol. The lowest BCUT2D eigenvalue weighted by Gasteiger charge is -2.30. The Balaban J connectivity index is 2.61. The van der Waals surface area contributed by atoms with Crippen molar-refractivity contribution in [1.82, 2.24) is 0 Å². The summed E-state index contributed by atoms with van der Waals surface area (Å²) < 4.78 is 0. The molecule has 2 N–H and O–H groups in total. The molecule has 33 heavy (non-hydrogen) atoms. The molecule has 184 valence electrons. The van der Waals surface area contributed by atoms with Crippen molar-refractivity contribution in [3.05, 3.63) is 83.2 Å². The van der Waals surface area contributed by atoms with Gasteiger partial charge in [-0.15, -0.1) is 0 Å². The first kappa shape index (κ1) is 29.0. The fourth-order valence-corrected chi connectivity index (χ4v) is 4.80. The molecule has 0 aliphatic heterocycles. The van der Waals surface area contributed by atoms with Gasteiger partial charge in [-0.05, 0) is 119 Å². The highest BCUT2D eigenvalue weighted by molar-refractivity contribution is 5.42. The van der Waals surface area contributed by atoms with Crippen molar-refractivity contribution in [3.8, 4) is 0 Å². The monoisotopic (exact) mass is 449 g/mol. The predicted molar refractivity (Wildman–Crippen MR) is 150 cm³/mol. The summed E-state index contributed by atoms with van der Waals surface area (Å²) in [5, 5.41) is 0. The maximum atomic E-state index is 6.56. The highest BCUT2D eigenvalue weighted by Crippen LogP contribution is 2.38. The molecule has 0 bridgehead atoms. The standard InChI is InChI=1S/C32H51N/c1-11-24(7)31(32(33)27(10)23(5)6)20-17-28-15-18-30(19-16-28)26(9)14-13-25(8)29(12-2)21-22(3)4/h12,21-22,28,30H,2,5,8-9,11,13-20,33H2,1,3-4,6-7,10H3/b29-21+,31-24+,32-27+. The zero-order valence-electron chi connectivity index (χ0n) is 22.7. The third-order valence-corrected chi connectivity index (χ3v) is 7.53. The van der Waals surface area contributed by atoms with Gasteiger partial charge in [0, 0.05) is 5.70 Å². The van der Waals surface area contributed by atoms with Crippen LogP contribution in [0.15, 0.2) is 83.2 Å². The third-order valence-electron chi connectivity index (χ3n) is 7.53. The molecule has 0 radical (unpaired) electrons. The first-order chi connectivity index (χ1) is 15.5. The average Bonchev–Trinajstić information content (AvgIpc) is 2.79. The second kappa shape index (κ2) is 14.3. The van der Waals surface area contributed by atoms with Gasteiger partial charge in [0.25, 0.3) is 0 Å².